The lowest BCUT2D eigenvalue weighted by Crippen LogP contribution is -2.42. The maximum atomic E-state index is 14.1. The lowest BCUT2D eigenvalue weighted by atomic mass is 9.64. The molecule has 0 bridgehead atoms. The number of esters is 1. The third-order valence-corrected chi connectivity index (χ3v) is 7.58. The van der Waals surface area contributed by atoms with Gasteiger partial charge >= 0.3 is 5.97 Å². The summed E-state index contributed by atoms with van der Waals surface area (Å²) in [6, 6.07) is 20.1. The van der Waals surface area contributed by atoms with Crippen molar-refractivity contribution in [2.45, 2.75) is 12.8 Å². The zero-order valence-corrected chi connectivity index (χ0v) is 20.6. The van der Waals surface area contributed by atoms with Gasteiger partial charge in [0.2, 0.25) is 11.8 Å². The summed E-state index contributed by atoms with van der Waals surface area (Å²) >= 11 is 0. The Balaban J connectivity index is 1.55. The van der Waals surface area contributed by atoms with Crippen LogP contribution in [-0.2, 0) is 14.4 Å². The van der Waals surface area contributed by atoms with Crippen molar-refractivity contribution in [2.24, 2.45) is 17.8 Å². The van der Waals surface area contributed by atoms with Gasteiger partial charge in [-0.1, -0.05) is 42.5 Å². The maximum Gasteiger partial charge on any atom is 0.319 e. The summed E-state index contributed by atoms with van der Waals surface area (Å²) in [6.07, 6.45) is 1.97. The summed E-state index contributed by atoms with van der Waals surface area (Å²) in [7, 11) is 3.09. The Kier molecular flexibility index (Phi) is 5.37. The molecule has 7 heteroatoms. The molecular weight excluding hydrogens is 470 g/mol. The van der Waals surface area contributed by atoms with Crippen molar-refractivity contribution in [1.82, 2.24) is 0 Å². The van der Waals surface area contributed by atoms with Crippen LogP contribution in [0.2, 0.25) is 0 Å². The van der Waals surface area contributed by atoms with Gasteiger partial charge in [0.25, 0.3) is 0 Å². The molecule has 6 rings (SSSR count). The van der Waals surface area contributed by atoms with Crippen molar-refractivity contribution < 1.29 is 28.6 Å². The number of allylic oxidation sites excluding steroid dienone is 1. The molecule has 0 radical (unpaired) electrons. The Morgan fingerprint density at radius 3 is 2.30 bits per heavy atom. The Morgan fingerprint density at radius 1 is 0.838 bits per heavy atom. The molecule has 0 N–H and O–H groups in total. The van der Waals surface area contributed by atoms with Gasteiger partial charge in [0.1, 0.15) is 17.2 Å². The predicted molar refractivity (Wildman–Crippen MR) is 136 cm³/mol. The van der Waals surface area contributed by atoms with E-state index >= 15 is 0 Å². The zero-order chi connectivity index (χ0) is 25.8. The first-order chi connectivity index (χ1) is 17.9. The van der Waals surface area contributed by atoms with E-state index in [1.165, 1.54) is 12.0 Å². The number of hydrogen-bond donors (Lipinski definition) is 0. The molecule has 1 saturated heterocycles. The molecule has 4 atom stereocenters. The largest absolute Gasteiger partial charge is 0.497 e. The topological polar surface area (TPSA) is 82.1 Å². The third-order valence-electron chi connectivity index (χ3n) is 7.58. The van der Waals surface area contributed by atoms with Crippen molar-refractivity contribution in [2.75, 3.05) is 19.1 Å². The van der Waals surface area contributed by atoms with Crippen LogP contribution in [-0.4, -0.2) is 32.0 Å². The number of rotatable bonds is 4. The molecular formula is C30H25NO6. The molecule has 0 unspecified atom stereocenters. The number of amides is 2. The van der Waals surface area contributed by atoms with E-state index in [2.05, 4.69) is 0 Å². The van der Waals surface area contributed by atoms with Gasteiger partial charge in [0.05, 0.1) is 37.7 Å². The highest BCUT2D eigenvalue weighted by Crippen LogP contribution is 2.55. The highest BCUT2D eigenvalue weighted by atomic mass is 16.5. The minimum atomic E-state index is -0.911. The first-order valence-corrected chi connectivity index (χ1v) is 12.1. The Hall–Kier alpha value is -4.39. The predicted octanol–water partition coefficient (Wildman–Crippen LogP) is 4.53. The maximum absolute atomic E-state index is 14.1. The van der Waals surface area contributed by atoms with Crippen LogP contribution in [0.3, 0.4) is 0 Å². The number of benzene rings is 3. The van der Waals surface area contributed by atoms with Gasteiger partial charge in [-0.2, -0.15) is 0 Å². The van der Waals surface area contributed by atoms with E-state index in [-0.39, 0.29) is 5.91 Å². The summed E-state index contributed by atoms with van der Waals surface area (Å²) in [5.41, 5.74) is 3.67. The van der Waals surface area contributed by atoms with E-state index in [9.17, 15) is 14.4 Å². The molecule has 3 aromatic rings. The lowest BCUT2D eigenvalue weighted by Gasteiger charge is -2.38. The average Bonchev–Trinajstić information content (AvgIpc) is 3.17. The van der Waals surface area contributed by atoms with Crippen LogP contribution >= 0.6 is 0 Å². The number of hydrogen-bond acceptors (Lipinski definition) is 6. The van der Waals surface area contributed by atoms with Crippen LogP contribution in [0.1, 0.15) is 22.6 Å². The lowest BCUT2D eigenvalue weighted by molar-refractivity contribution is -0.142. The second-order valence-corrected chi connectivity index (χ2v) is 9.55. The van der Waals surface area contributed by atoms with E-state index in [0.29, 0.717) is 22.9 Å². The Labute approximate surface area is 214 Å². The molecule has 0 spiro atoms. The van der Waals surface area contributed by atoms with E-state index in [1.807, 2.05) is 55.5 Å². The fourth-order valence-electron chi connectivity index (χ4n) is 5.87. The molecule has 7 nitrogen and oxygen atoms in total. The molecule has 186 valence electrons. The summed E-state index contributed by atoms with van der Waals surface area (Å²) < 4.78 is 16.5. The number of ether oxygens (including phenoxy) is 3. The first kappa shape index (κ1) is 23.0. The molecule has 2 heterocycles. The van der Waals surface area contributed by atoms with Crippen molar-refractivity contribution in [3.05, 3.63) is 89.5 Å². The molecule has 1 fully saturated rings. The number of nitrogens with zero attached hydrogens (tertiary/aromatic N) is 1. The number of anilines is 1. The number of carbonyl (C=O) groups is 3. The second-order valence-electron chi connectivity index (χ2n) is 9.55. The normalized spacial score (nSPS) is 24.0. The van der Waals surface area contributed by atoms with Crippen LogP contribution in [0.25, 0.3) is 5.57 Å². The molecule has 1 aliphatic carbocycles. The molecule has 3 aromatic carbocycles. The molecule has 2 aliphatic heterocycles. The van der Waals surface area contributed by atoms with Crippen LogP contribution in [0, 0.1) is 24.7 Å². The van der Waals surface area contributed by atoms with Crippen molar-refractivity contribution >= 4 is 29.0 Å². The zero-order valence-electron chi connectivity index (χ0n) is 20.6. The number of imide groups is 1. The number of aryl methyl sites for hydroxylation is 1. The third kappa shape index (κ3) is 3.45. The van der Waals surface area contributed by atoms with Crippen LogP contribution < -0.4 is 19.1 Å². The molecule has 3 aliphatic rings. The summed E-state index contributed by atoms with van der Waals surface area (Å²) in [5.74, 6) is -2.75. The smallest absolute Gasteiger partial charge is 0.319 e. The monoisotopic (exact) mass is 495 g/mol. The molecule has 37 heavy (non-hydrogen) atoms. The minimum absolute atomic E-state index is 0.363. The average molecular weight is 496 g/mol. The Bertz CT molecular complexity index is 1470. The van der Waals surface area contributed by atoms with Crippen LogP contribution in [0.15, 0.2) is 72.8 Å². The van der Waals surface area contributed by atoms with Gasteiger partial charge in [-0.15, -0.1) is 0 Å². The standard InChI is InChI=1S/C30H25NO6/c1-16-8-13-19-21-15-20(17-9-11-18(35-2)12-10-17)25-27(26(21)30(34)37-24(19)14-16)29(33)31(28(25)32)22-6-4-5-7-23(22)36-3/h4-15,20,25-27H,1-3H3/t20-,25-,26-,27-/m0/s1. The summed E-state index contributed by atoms with van der Waals surface area (Å²) in [5, 5.41) is 0. The Morgan fingerprint density at radius 2 is 1.57 bits per heavy atom. The first-order valence-electron chi connectivity index (χ1n) is 12.1. The van der Waals surface area contributed by atoms with Gasteiger partial charge in [-0.3, -0.25) is 14.4 Å². The number of fused-ring (bicyclic) bond motifs is 5. The number of para-hydroxylation sites is 2. The highest BCUT2D eigenvalue weighted by Gasteiger charge is 2.60. The fraction of sp³-hybridized carbons (Fsp3) is 0.233. The molecule has 0 saturated carbocycles. The van der Waals surface area contributed by atoms with Crippen molar-refractivity contribution in [1.29, 1.82) is 0 Å². The van der Waals surface area contributed by atoms with E-state index in [1.54, 1.807) is 31.4 Å². The fourth-order valence-corrected chi connectivity index (χ4v) is 5.87. The van der Waals surface area contributed by atoms with Crippen LogP contribution in [0.5, 0.6) is 17.2 Å². The van der Waals surface area contributed by atoms with Gasteiger partial charge in [0.15, 0.2) is 0 Å². The van der Waals surface area contributed by atoms with E-state index in [4.69, 9.17) is 14.2 Å². The van der Waals surface area contributed by atoms with E-state index < -0.39 is 35.5 Å². The second kappa shape index (κ2) is 8.62. The summed E-state index contributed by atoms with van der Waals surface area (Å²) in [6.45, 7) is 1.93. The van der Waals surface area contributed by atoms with Gasteiger partial charge < -0.3 is 14.2 Å². The van der Waals surface area contributed by atoms with Gasteiger partial charge in [-0.25, -0.2) is 4.90 Å². The quantitative estimate of drug-likeness (QED) is 0.300. The summed E-state index contributed by atoms with van der Waals surface area (Å²) in [4.78, 5) is 42.7. The molecule has 0 aromatic heterocycles. The number of carbonyl (C=O) groups excluding carboxylic acids is 3. The number of methoxy groups -OCH3 is 2. The van der Waals surface area contributed by atoms with Gasteiger partial charge in [-0.05, 0) is 54.0 Å². The van der Waals surface area contributed by atoms with Crippen molar-refractivity contribution in [3.63, 3.8) is 0 Å². The molecule has 2 amide bonds. The highest BCUT2D eigenvalue weighted by molar-refractivity contribution is 6.25. The van der Waals surface area contributed by atoms with E-state index in [0.717, 1.165) is 22.3 Å². The van der Waals surface area contributed by atoms with Crippen LogP contribution in [0.4, 0.5) is 5.69 Å². The van der Waals surface area contributed by atoms with Gasteiger partial charge in [0, 0.05) is 11.5 Å². The minimum Gasteiger partial charge on any atom is -0.497 e. The van der Waals surface area contributed by atoms with Crippen molar-refractivity contribution in [3.8, 4) is 17.2 Å². The SMILES string of the molecule is COc1ccc([C@@H]2C=C3c4ccc(C)cc4OC(=O)[C@@H]3[C@H]3C(=O)N(c4ccccc4OC)C(=O)[C@H]32)cc1.